The molecular formula is C10H14N2O6. The zero-order valence-corrected chi connectivity index (χ0v) is 10.0. The van der Waals surface area contributed by atoms with Crippen molar-refractivity contribution in [1.29, 1.82) is 0 Å². The lowest BCUT2D eigenvalue weighted by atomic mass is 10.1. The zero-order valence-electron chi connectivity index (χ0n) is 10.0. The van der Waals surface area contributed by atoms with Crippen molar-refractivity contribution in [3.63, 3.8) is 0 Å². The van der Waals surface area contributed by atoms with Crippen LogP contribution in [0, 0.1) is 0 Å². The molecule has 2 atom stereocenters. The van der Waals surface area contributed by atoms with Crippen molar-refractivity contribution >= 4 is 23.8 Å². The first-order valence-corrected chi connectivity index (χ1v) is 5.45. The van der Waals surface area contributed by atoms with Gasteiger partial charge < -0.3 is 20.1 Å². The first kappa shape index (κ1) is 13.9. The topological polar surface area (TPSA) is 111 Å². The van der Waals surface area contributed by atoms with Gasteiger partial charge in [0.25, 0.3) is 11.8 Å². The average Bonchev–Trinajstić information content (AvgIpc) is 2.32. The molecule has 1 saturated heterocycles. The van der Waals surface area contributed by atoms with Gasteiger partial charge in [-0.3, -0.25) is 9.59 Å². The van der Waals surface area contributed by atoms with Gasteiger partial charge in [-0.1, -0.05) is 0 Å². The number of rotatable bonds is 4. The second kappa shape index (κ2) is 5.99. The average molecular weight is 258 g/mol. The Morgan fingerprint density at radius 2 is 1.28 bits per heavy atom. The van der Waals surface area contributed by atoms with Crippen LogP contribution in [0.1, 0.15) is 13.8 Å². The molecule has 0 spiro atoms. The number of ether oxygens (including phenoxy) is 2. The smallest absolute Gasteiger partial charge is 0.338 e. The molecule has 0 aromatic rings. The fraction of sp³-hybridized carbons (Fsp3) is 0.600. The van der Waals surface area contributed by atoms with E-state index in [1.54, 1.807) is 13.8 Å². The van der Waals surface area contributed by atoms with E-state index in [0.29, 0.717) is 0 Å². The van der Waals surface area contributed by atoms with Crippen LogP contribution < -0.4 is 10.6 Å². The standard InChI is InChI=1S/C10H14N2O6/c1-3-17-9(15)5-7(13)12-6(8(14)11-5)10(16)18-4-2/h5-6H,3-4H2,1-2H3,(H,11,14)(H,12,13). The SMILES string of the molecule is CCOC(=O)C1NC(=O)C(C(=O)OCC)NC1=O. The lowest BCUT2D eigenvalue weighted by Crippen LogP contribution is -2.66. The Morgan fingerprint density at radius 1 is 0.944 bits per heavy atom. The van der Waals surface area contributed by atoms with Crippen LogP contribution in [0.15, 0.2) is 0 Å². The quantitative estimate of drug-likeness (QED) is 0.450. The number of carbonyl (C=O) groups excluding carboxylic acids is 4. The minimum Gasteiger partial charge on any atom is -0.464 e. The second-order valence-corrected chi connectivity index (χ2v) is 3.39. The zero-order chi connectivity index (χ0) is 13.7. The maximum absolute atomic E-state index is 11.5. The van der Waals surface area contributed by atoms with Gasteiger partial charge in [0.05, 0.1) is 13.2 Å². The second-order valence-electron chi connectivity index (χ2n) is 3.39. The van der Waals surface area contributed by atoms with Gasteiger partial charge in [0.2, 0.25) is 12.1 Å². The van der Waals surface area contributed by atoms with E-state index in [4.69, 9.17) is 0 Å². The fourth-order valence-electron chi connectivity index (χ4n) is 1.37. The summed E-state index contributed by atoms with van der Waals surface area (Å²) < 4.78 is 9.23. The Morgan fingerprint density at radius 3 is 1.56 bits per heavy atom. The predicted molar refractivity (Wildman–Crippen MR) is 57.1 cm³/mol. The molecule has 1 fully saturated rings. The van der Waals surface area contributed by atoms with Crippen molar-refractivity contribution in [2.75, 3.05) is 13.2 Å². The van der Waals surface area contributed by atoms with Crippen LogP contribution in [0.2, 0.25) is 0 Å². The number of nitrogens with one attached hydrogen (secondary N) is 2. The number of hydrogen-bond acceptors (Lipinski definition) is 6. The molecule has 8 heteroatoms. The van der Waals surface area contributed by atoms with E-state index < -0.39 is 35.8 Å². The summed E-state index contributed by atoms with van der Waals surface area (Å²) in [4.78, 5) is 45.8. The molecular weight excluding hydrogens is 244 g/mol. The van der Waals surface area contributed by atoms with E-state index in [1.807, 2.05) is 0 Å². The molecule has 0 aliphatic carbocycles. The summed E-state index contributed by atoms with van der Waals surface area (Å²) in [5.41, 5.74) is 0. The molecule has 0 aromatic heterocycles. The summed E-state index contributed by atoms with van der Waals surface area (Å²) in [6.07, 6.45) is 0. The van der Waals surface area contributed by atoms with Gasteiger partial charge in [-0.15, -0.1) is 0 Å². The maximum Gasteiger partial charge on any atom is 0.338 e. The first-order chi connectivity index (χ1) is 8.51. The molecule has 0 saturated carbocycles. The Labute approximate surface area is 103 Å². The molecule has 2 amide bonds. The highest BCUT2D eigenvalue weighted by atomic mass is 16.5. The molecule has 1 heterocycles. The molecule has 100 valence electrons. The third kappa shape index (κ3) is 2.96. The minimum absolute atomic E-state index is 0.0831. The summed E-state index contributed by atoms with van der Waals surface area (Å²) in [6.45, 7) is 3.31. The van der Waals surface area contributed by atoms with E-state index in [1.165, 1.54) is 0 Å². The van der Waals surface area contributed by atoms with Crippen LogP contribution in [0.4, 0.5) is 0 Å². The molecule has 18 heavy (non-hydrogen) atoms. The highest BCUT2D eigenvalue weighted by Gasteiger charge is 2.42. The van der Waals surface area contributed by atoms with Gasteiger partial charge in [-0.2, -0.15) is 0 Å². The molecule has 0 aromatic carbocycles. The van der Waals surface area contributed by atoms with E-state index in [2.05, 4.69) is 20.1 Å². The highest BCUT2D eigenvalue weighted by Crippen LogP contribution is 2.02. The summed E-state index contributed by atoms with van der Waals surface area (Å²) >= 11 is 0. The molecule has 8 nitrogen and oxygen atoms in total. The van der Waals surface area contributed by atoms with Crippen molar-refractivity contribution in [3.05, 3.63) is 0 Å². The molecule has 2 unspecified atom stereocenters. The van der Waals surface area contributed by atoms with Crippen molar-refractivity contribution in [3.8, 4) is 0 Å². The molecule has 1 aliphatic rings. The maximum atomic E-state index is 11.5. The van der Waals surface area contributed by atoms with Crippen LogP contribution in [-0.2, 0) is 28.7 Å². The van der Waals surface area contributed by atoms with Gasteiger partial charge in [-0.25, -0.2) is 9.59 Å². The molecule has 1 aliphatic heterocycles. The van der Waals surface area contributed by atoms with Crippen molar-refractivity contribution < 1.29 is 28.7 Å². The van der Waals surface area contributed by atoms with Crippen molar-refractivity contribution in [1.82, 2.24) is 10.6 Å². The Kier molecular flexibility index (Phi) is 4.64. The van der Waals surface area contributed by atoms with Crippen LogP contribution >= 0.6 is 0 Å². The highest BCUT2D eigenvalue weighted by molar-refractivity contribution is 6.15. The third-order valence-corrected chi connectivity index (χ3v) is 2.14. The number of carbonyl (C=O) groups is 4. The Hall–Kier alpha value is -2.12. The van der Waals surface area contributed by atoms with E-state index in [-0.39, 0.29) is 13.2 Å². The van der Waals surface area contributed by atoms with Crippen LogP contribution in [0.5, 0.6) is 0 Å². The van der Waals surface area contributed by atoms with Crippen LogP contribution in [-0.4, -0.2) is 49.1 Å². The van der Waals surface area contributed by atoms with Gasteiger partial charge in [0.15, 0.2) is 0 Å². The normalized spacial score (nSPS) is 22.8. The number of esters is 2. The number of hydrogen-bond donors (Lipinski definition) is 2. The summed E-state index contributed by atoms with van der Waals surface area (Å²) in [5, 5.41) is 4.23. The van der Waals surface area contributed by atoms with Gasteiger partial charge in [-0.05, 0) is 13.8 Å². The van der Waals surface area contributed by atoms with Crippen molar-refractivity contribution in [2.45, 2.75) is 25.9 Å². The monoisotopic (exact) mass is 258 g/mol. The van der Waals surface area contributed by atoms with Gasteiger partial charge in [0, 0.05) is 0 Å². The fourth-order valence-corrected chi connectivity index (χ4v) is 1.37. The minimum atomic E-state index is -1.43. The van der Waals surface area contributed by atoms with Crippen molar-refractivity contribution in [2.24, 2.45) is 0 Å². The van der Waals surface area contributed by atoms with E-state index in [0.717, 1.165) is 0 Å². The lowest BCUT2D eigenvalue weighted by Gasteiger charge is -2.26. The first-order valence-electron chi connectivity index (χ1n) is 5.45. The van der Waals surface area contributed by atoms with Gasteiger partial charge >= 0.3 is 11.9 Å². The summed E-state index contributed by atoms with van der Waals surface area (Å²) in [7, 11) is 0. The number of amides is 2. The molecule has 0 bridgehead atoms. The largest absolute Gasteiger partial charge is 0.464 e. The lowest BCUT2D eigenvalue weighted by molar-refractivity contribution is -0.159. The Bertz CT molecular complexity index is 345. The van der Waals surface area contributed by atoms with Gasteiger partial charge in [0.1, 0.15) is 0 Å². The summed E-state index contributed by atoms with van der Waals surface area (Å²) in [5.74, 6) is -3.34. The predicted octanol–water partition coefficient (Wildman–Crippen LogP) is -1.90. The molecule has 2 N–H and O–H groups in total. The van der Waals surface area contributed by atoms with E-state index in [9.17, 15) is 19.2 Å². The Balaban J connectivity index is 2.71. The van der Waals surface area contributed by atoms with Crippen LogP contribution in [0.3, 0.4) is 0 Å². The third-order valence-electron chi connectivity index (χ3n) is 2.14. The van der Waals surface area contributed by atoms with Crippen LogP contribution in [0.25, 0.3) is 0 Å². The number of piperazine rings is 1. The summed E-state index contributed by atoms with van der Waals surface area (Å²) in [6, 6.07) is -2.86. The molecule has 1 rings (SSSR count). The van der Waals surface area contributed by atoms with E-state index >= 15 is 0 Å². The molecule has 0 radical (unpaired) electrons.